The summed E-state index contributed by atoms with van der Waals surface area (Å²) in [4.78, 5) is 3.18. The van der Waals surface area contributed by atoms with Gasteiger partial charge in [0.1, 0.15) is 6.61 Å². The summed E-state index contributed by atoms with van der Waals surface area (Å²) >= 11 is 0. The second-order valence-electron chi connectivity index (χ2n) is 2.99. The Labute approximate surface area is 76.6 Å². The lowest BCUT2D eigenvalue weighted by Gasteiger charge is -1.93. The molecular weight excluding hydrogens is 164 g/mol. The van der Waals surface area contributed by atoms with Crippen molar-refractivity contribution >= 4 is 11.0 Å². The zero-order valence-electron chi connectivity index (χ0n) is 7.62. The summed E-state index contributed by atoms with van der Waals surface area (Å²) in [5, 5.41) is 9.10. The quantitative estimate of drug-likeness (QED) is 0.659. The van der Waals surface area contributed by atoms with Gasteiger partial charge in [-0.3, -0.25) is 0 Å². The lowest BCUT2D eigenvalue weighted by molar-refractivity contribution is -0.677. The van der Waals surface area contributed by atoms with Gasteiger partial charge < -0.3 is 5.11 Å². The molecule has 0 bridgehead atoms. The van der Waals surface area contributed by atoms with Crippen molar-refractivity contribution < 1.29 is 9.67 Å². The first kappa shape index (κ1) is 8.26. The zero-order valence-corrected chi connectivity index (χ0v) is 7.62. The molecule has 3 nitrogen and oxygen atoms in total. The van der Waals surface area contributed by atoms with Crippen LogP contribution in [0.2, 0.25) is 0 Å². The minimum Gasteiger partial charge on any atom is -0.384 e. The third-order valence-electron chi connectivity index (χ3n) is 2.27. The first-order valence-corrected chi connectivity index (χ1v) is 4.47. The minimum absolute atomic E-state index is 0.0581. The number of H-pyrrole nitrogens is 1. The number of nitrogens with zero attached hydrogens (tertiary/aromatic N) is 1. The van der Waals surface area contributed by atoms with E-state index in [1.807, 2.05) is 18.2 Å². The van der Waals surface area contributed by atoms with Gasteiger partial charge in [-0.05, 0) is 19.1 Å². The van der Waals surface area contributed by atoms with Gasteiger partial charge in [0.15, 0.2) is 11.0 Å². The number of hydrogen-bond acceptors (Lipinski definition) is 1. The van der Waals surface area contributed by atoms with Crippen LogP contribution in [0, 0.1) is 0 Å². The van der Waals surface area contributed by atoms with E-state index in [0.717, 1.165) is 23.4 Å². The number of aromatic nitrogens is 2. The van der Waals surface area contributed by atoms with Crippen molar-refractivity contribution in [3.05, 3.63) is 30.1 Å². The number of aliphatic hydroxyl groups is 1. The standard InChI is InChI=1S/C10H12N2O/c1-2-12-9-6-4-3-5-8(9)11-10(12)7-13/h3-6,13H,2,7H2,1H3/p+1. The Morgan fingerprint density at radius 2 is 2.15 bits per heavy atom. The van der Waals surface area contributed by atoms with Crippen LogP contribution in [0.3, 0.4) is 0 Å². The molecule has 1 aromatic heterocycles. The fraction of sp³-hybridized carbons (Fsp3) is 0.300. The summed E-state index contributed by atoms with van der Waals surface area (Å²) in [6, 6.07) is 8.05. The molecule has 0 unspecified atom stereocenters. The van der Waals surface area contributed by atoms with Crippen LogP contribution in [-0.4, -0.2) is 10.1 Å². The van der Waals surface area contributed by atoms with Crippen molar-refractivity contribution in [1.82, 2.24) is 4.98 Å². The number of para-hydroxylation sites is 2. The molecule has 0 aliphatic rings. The second-order valence-corrected chi connectivity index (χ2v) is 2.99. The van der Waals surface area contributed by atoms with Gasteiger partial charge in [0.05, 0.1) is 6.54 Å². The van der Waals surface area contributed by atoms with Crippen molar-refractivity contribution in [1.29, 1.82) is 0 Å². The van der Waals surface area contributed by atoms with Gasteiger partial charge >= 0.3 is 0 Å². The van der Waals surface area contributed by atoms with Crippen molar-refractivity contribution in [2.45, 2.75) is 20.1 Å². The van der Waals surface area contributed by atoms with E-state index in [9.17, 15) is 0 Å². The monoisotopic (exact) mass is 177 g/mol. The van der Waals surface area contributed by atoms with Crippen LogP contribution in [0.5, 0.6) is 0 Å². The van der Waals surface area contributed by atoms with Crippen LogP contribution in [0.1, 0.15) is 12.7 Å². The number of imidazole rings is 1. The number of aryl methyl sites for hydroxylation is 1. The molecule has 0 fully saturated rings. The van der Waals surface area contributed by atoms with E-state index >= 15 is 0 Å². The highest BCUT2D eigenvalue weighted by molar-refractivity contribution is 5.70. The van der Waals surface area contributed by atoms with Gasteiger partial charge in [0, 0.05) is 0 Å². The predicted molar refractivity (Wildman–Crippen MR) is 50.1 cm³/mol. The Hall–Kier alpha value is -1.35. The van der Waals surface area contributed by atoms with E-state index in [1.54, 1.807) is 0 Å². The van der Waals surface area contributed by atoms with E-state index in [4.69, 9.17) is 5.11 Å². The molecule has 0 aliphatic heterocycles. The predicted octanol–water partition coefficient (Wildman–Crippen LogP) is 0.968. The zero-order chi connectivity index (χ0) is 9.26. The molecule has 2 aromatic rings. The molecule has 13 heavy (non-hydrogen) atoms. The van der Waals surface area contributed by atoms with Crippen molar-refractivity contribution in [3.8, 4) is 0 Å². The highest BCUT2D eigenvalue weighted by Crippen LogP contribution is 2.08. The molecule has 0 amide bonds. The first-order valence-electron chi connectivity index (χ1n) is 4.47. The third kappa shape index (κ3) is 1.21. The number of aromatic amines is 1. The molecule has 0 saturated heterocycles. The summed E-state index contributed by atoms with van der Waals surface area (Å²) < 4.78 is 2.08. The van der Waals surface area contributed by atoms with Gasteiger partial charge in [-0.2, -0.15) is 0 Å². The molecule has 1 heterocycles. The van der Waals surface area contributed by atoms with Gasteiger partial charge in [-0.15, -0.1) is 0 Å². The molecule has 2 N–H and O–H groups in total. The average molecular weight is 177 g/mol. The molecule has 0 radical (unpaired) electrons. The molecule has 2 rings (SSSR count). The molecule has 0 saturated carbocycles. The van der Waals surface area contributed by atoms with E-state index < -0.39 is 0 Å². The topological polar surface area (TPSA) is 39.9 Å². The first-order chi connectivity index (χ1) is 6.36. The van der Waals surface area contributed by atoms with Crippen molar-refractivity contribution in [2.24, 2.45) is 0 Å². The molecule has 68 valence electrons. The molecule has 1 aromatic carbocycles. The van der Waals surface area contributed by atoms with Crippen molar-refractivity contribution in [2.75, 3.05) is 0 Å². The van der Waals surface area contributed by atoms with Gasteiger partial charge in [-0.25, -0.2) is 9.55 Å². The Morgan fingerprint density at radius 3 is 2.85 bits per heavy atom. The SMILES string of the molecule is CC[n+]1c(CO)[nH]c2ccccc21. The fourth-order valence-electron chi connectivity index (χ4n) is 1.67. The van der Waals surface area contributed by atoms with Crippen LogP contribution < -0.4 is 4.57 Å². The van der Waals surface area contributed by atoms with E-state index in [2.05, 4.69) is 22.5 Å². The van der Waals surface area contributed by atoms with Gasteiger partial charge in [0.25, 0.3) is 5.82 Å². The lowest BCUT2D eigenvalue weighted by Crippen LogP contribution is -2.35. The molecular formula is C10H13N2O+. The van der Waals surface area contributed by atoms with E-state index in [0.29, 0.717) is 0 Å². The smallest absolute Gasteiger partial charge is 0.281 e. The summed E-state index contributed by atoms with van der Waals surface area (Å²) in [5.74, 6) is 0.865. The molecule has 3 heteroatoms. The maximum atomic E-state index is 9.10. The Morgan fingerprint density at radius 1 is 1.38 bits per heavy atom. The summed E-state index contributed by atoms with van der Waals surface area (Å²) in [5.41, 5.74) is 2.22. The normalized spacial score (nSPS) is 10.9. The van der Waals surface area contributed by atoms with Crippen LogP contribution >= 0.6 is 0 Å². The third-order valence-corrected chi connectivity index (χ3v) is 2.27. The Balaban J connectivity index is 2.73. The number of hydrogen-bond donors (Lipinski definition) is 2. The van der Waals surface area contributed by atoms with Crippen LogP contribution in [0.4, 0.5) is 0 Å². The summed E-state index contributed by atoms with van der Waals surface area (Å²) in [7, 11) is 0. The van der Waals surface area contributed by atoms with Gasteiger partial charge in [0.2, 0.25) is 0 Å². The number of rotatable bonds is 2. The highest BCUT2D eigenvalue weighted by atomic mass is 16.3. The maximum Gasteiger partial charge on any atom is 0.281 e. The lowest BCUT2D eigenvalue weighted by atomic mass is 10.3. The average Bonchev–Trinajstić information content (AvgIpc) is 2.55. The number of nitrogens with one attached hydrogen (secondary N) is 1. The molecule has 0 atom stereocenters. The number of aliphatic hydroxyl groups excluding tert-OH is 1. The van der Waals surface area contributed by atoms with Gasteiger partial charge in [-0.1, -0.05) is 12.1 Å². The molecule has 0 spiro atoms. The largest absolute Gasteiger partial charge is 0.384 e. The summed E-state index contributed by atoms with van der Waals surface area (Å²) in [6.07, 6.45) is 0. The fourth-order valence-corrected chi connectivity index (χ4v) is 1.67. The van der Waals surface area contributed by atoms with Crippen LogP contribution in [-0.2, 0) is 13.2 Å². The van der Waals surface area contributed by atoms with E-state index in [-0.39, 0.29) is 6.61 Å². The minimum atomic E-state index is 0.0581. The Bertz CT molecular complexity index is 420. The second kappa shape index (κ2) is 3.18. The van der Waals surface area contributed by atoms with Crippen molar-refractivity contribution in [3.63, 3.8) is 0 Å². The molecule has 0 aliphatic carbocycles. The maximum absolute atomic E-state index is 9.10. The number of benzene rings is 1. The van der Waals surface area contributed by atoms with Crippen LogP contribution in [0.25, 0.3) is 11.0 Å². The van der Waals surface area contributed by atoms with E-state index in [1.165, 1.54) is 0 Å². The summed E-state index contributed by atoms with van der Waals surface area (Å²) in [6.45, 7) is 3.00. The highest BCUT2D eigenvalue weighted by Gasteiger charge is 2.14. The Kier molecular flexibility index (Phi) is 2.02. The number of fused-ring (bicyclic) bond motifs is 1. The van der Waals surface area contributed by atoms with Crippen LogP contribution in [0.15, 0.2) is 24.3 Å².